The van der Waals surface area contributed by atoms with Crippen molar-refractivity contribution in [1.82, 2.24) is 15.7 Å². The number of aromatic nitrogens is 1. The number of hydrogen-bond acceptors (Lipinski definition) is 6. The smallest absolute Gasteiger partial charge is 0.400 e. The Morgan fingerprint density at radius 3 is 2.38 bits per heavy atom. The first kappa shape index (κ1) is 20.1. The molecule has 1 saturated heterocycles. The van der Waals surface area contributed by atoms with Crippen LogP contribution in [0.1, 0.15) is 50.5 Å². The van der Waals surface area contributed by atoms with Gasteiger partial charge in [0.25, 0.3) is 5.91 Å². The zero-order valence-electron chi connectivity index (χ0n) is 15.8. The van der Waals surface area contributed by atoms with Crippen LogP contribution < -0.4 is 16.6 Å². The molecule has 8 nitrogen and oxygen atoms in total. The molecule has 9 heteroatoms. The number of nitrogens with one attached hydrogen (secondary N) is 2. The summed E-state index contributed by atoms with van der Waals surface area (Å²) in [5, 5.41) is 2.76. The van der Waals surface area contributed by atoms with Crippen LogP contribution in [0.15, 0.2) is 23.9 Å². The maximum Gasteiger partial charge on any atom is 0.492 e. The summed E-state index contributed by atoms with van der Waals surface area (Å²) in [7, 11) is -0.626. The van der Waals surface area contributed by atoms with Crippen LogP contribution in [-0.4, -0.2) is 41.7 Å². The highest BCUT2D eigenvalue weighted by molar-refractivity contribution is 6.56. The average molecular weight is 360 g/mol. The number of carbonyl (C=O) groups is 2. The van der Waals surface area contributed by atoms with E-state index >= 15 is 0 Å². The molecule has 2 rings (SSSR count). The highest BCUT2D eigenvalue weighted by atomic mass is 16.7. The predicted octanol–water partition coefficient (Wildman–Crippen LogP) is 0.836. The Morgan fingerprint density at radius 1 is 1.23 bits per heavy atom. The number of nitrogen functional groups attached to an aromatic ring is 1. The van der Waals surface area contributed by atoms with E-state index in [1.54, 1.807) is 18.3 Å². The molecule has 26 heavy (non-hydrogen) atoms. The van der Waals surface area contributed by atoms with Gasteiger partial charge in [-0.2, -0.15) is 0 Å². The molecule has 0 radical (unpaired) electrons. The van der Waals surface area contributed by atoms with E-state index in [1.807, 2.05) is 27.7 Å². The highest BCUT2D eigenvalue weighted by Gasteiger charge is 2.52. The predicted molar refractivity (Wildman–Crippen MR) is 98.6 cm³/mol. The molecule has 2 heterocycles. The molecule has 1 fully saturated rings. The summed E-state index contributed by atoms with van der Waals surface area (Å²) < 4.78 is 12.1. The van der Waals surface area contributed by atoms with E-state index in [1.165, 1.54) is 13.1 Å². The van der Waals surface area contributed by atoms with Crippen LogP contribution in [-0.2, 0) is 14.1 Å². The molecular formula is C17H25BN4O4. The molecular weight excluding hydrogens is 335 g/mol. The first-order chi connectivity index (χ1) is 12.1. The first-order valence-electron chi connectivity index (χ1n) is 8.32. The van der Waals surface area contributed by atoms with Gasteiger partial charge in [-0.05, 0) is 44.8 Å². The third-order valence-corrected chi connectivity index (χ3v) is 4.60. The SMILES string of the molecule is CC(=O)NCC(=Cc1cncc(C(=O)NN)c1)B1OC(C)(C)C(C)(C)O1. The van der Waals surface area contributed by atoms with Crippen molar-refractivity contribution in [2.75, 3.05) is 6.54 Å². The van der Waals surface area contributed by atoms with Gasteiger partial charge < -0.3 is 14.6 Å². The van der Waals surface area contributed by atoms with Gasteiger partial charge in [-0.15, -0.1) is 0 Å². The summed E-state index contributed by atoms with van der Waals surface area (Å²) in [5.41, 5.74) is 2.77. The second-order valence-corrected chi connectivity index (χ2v) is 7.20. The summed E-state index contributed by atoms with van der Waals surface area (Å²) in [6, 6.07) is 1.65. The Bertz CT molecular complexity index is 717. The van der Waals surface area contributed by atoms with Crippen LogP contribution in [0.2, 0.25) is 0 Å². The normalized spacial score (nSPS) is 18.5. The summed E-state index contributed by atoms with van der Waals surface area (Å²) in [5.74, 6) is 4.56. The number of amides is 2. The van der Waals surface area contributed by atoms with Gasteiger partial charge in [-0.25, -0.2) is 5.84 Å². The molecule has 0 bridgehead atoms. The summed E-state index contributed by atoms with van der Waals surface area (Å²) in [6.07, 6.45) is 4.81. The molecule has 2 amide bonds. The standard InChI is InChI=1S/C17H25BN4O4/c1-11(23)21-10-14(18-25-16(2,3)17(4,5)26-18)7-12-6-13(9-20-8-12)15(24)22-19/h6-9H,10,19H2,1-5H3,(H,21,23)(H,22,24). The fraction of sp³-hybridized carbons (Fsp3) is 0.471. The Hall–Kier alpha value is -2.23. The summed E-state index contributed by atoms with van der Waals surface area (Å²) >= 11 is 0. The number of hydrogen-bond donors (Lipinski definition) is 3. The minimum Gasteiger partial charge on any atom is -0.400 e. The zero-order chi connectivity index (χ0) is 19.5. The minimum atomic E-state index is -0.626. The Balaban J connectivity index is 2.35. The minimum absolute atomic E-state index is 0.165. The van der Waals surface area contributed by atoms with Crippen molar-refractivity contribution in [1.29, 1.82) is 0 Å². The quantitative estimate of drug-likeness (QED) is 0.310. The van der Waals surface area contributed by atoms with Gasteiger partial charge in [-0.1, -0.05) is 6.08 Å². The first-order valence-corrected chi connectivity index (χ1v) is 8.32. The monoisotopic (exact) mass is 360 g/mol. The van der Waals surface area contributed by atoms with Gasteiger partial charge in [0.15, 0.2) is 0 Å². The second-order valence-electron chi connectivity index (χ2n) is 7.20. The summed E-state index contributed by atoms with van der Waals surface area (Å²) in [4.78, 5) is 27.1. The fourth-order valence-electron chi connectivity index (χ4n) is 2.38. The lowest BCUT2D eigenvalue weighted by Crippen LogP contribution is -2.41. The molecule has 1 aliphatic heterocycles. The Kier molecular flexibility index (Phi) is 5.85. The van der Waals surface area contributed by atoms with Gasteiger partial charge >= 0.3 is 7.12 Å². The summed E-state index contributed by atoms with van der Waals surface area (Å²) in [6.45, 7) is 9.51. The topological polar surface area (TPSA) is 116 Å². The number of rotatable bonds is 5. The molecule has 0 unspecified atom stereocenters. The van der Waals surface area contributed by atoms with Crippen molar-refractivity contribution in [2.24, 2.45) is 5.84 Å². The molecule has 0 aromatic carbocycles. The van der Waals surface area contributed by atoms with Crippen LogP contribution in [0.4, 0.5) is 0 Å². The molecule has 1 aliphatic rings. The van der Waals surface area contributed by atoms with Crippen molar-refractivity contribution in [2.45, 2.75) is 45.8 Å². The van der Waals surface area contributed by atoms with Crippen LogP contribution >= 0.6 is 0 Å². The number of pyridine rings is 1. The van der Waals surface area contributed by atoms with Crippen LogP contribution in [0.5, 0.6) is 0 Å². The van der Waals surface area contributed by atoms with Gasteiger partial charge in [-0.3, -0.25) is 20.0 Å². The van der Waals surface area contributed by atoms with Gasteiger partial charge in [0.2, 0.25) is 5.91 Å². The molecule has 0 atom stereocenters. The van der Waals surface area contributed by atoms with Crippen molar-refractivity contribution >= 4 is 25.0 Å². The largest absolute Gasteiger partial charge is 0.492 e. The molecule has 1 aromatic rings. The van der Waals surface area contributed by atoms with Crippen molar-refractivity contribution in [3.05, 3.63) is 35.1 Å². The maximum atomic E-state index is 11.7. The van der Waals surface area contributed by atoms with E-state index in [0.29, 0.717) is 16.6 Å². The lowest BCUT2D eigenvalue weighted by Gasteiger charge is -2.32. The molecule has 140 valence electrons. The van der Waals surface area contributed by atoms with E-state index in [9.17, 15) is 9.59 Å². The number of nitrogens with zero attached hydrogens (tertiary/aromatic N) is 1. The molecule has 0 spiro atoms. The number of nitrogens with two attached hydrogens (primary N) is 1. The van der Waals surface area contributed by atoms with Gasteiger partial charge in [0.1, 0.15) is 0 Å². The van der Waals surface area contributed by atoms with E-state index in [0.717, 1.165) is 0 Å². The van der Waals surface area contributed by atoms with Crippen LogP contribution in [0.25, 0.3) is 6.08 Å². The van der Waals surface area contributed by atoms with Crippen LogP contribution in [0, 0.1) is 0 Å². The molecule has 0 aliphatic carbocycles. The average Bonchev–Trinajstić information content (AvgIpc) is 2.78. The van der Waals surface area contributed by atoms with E-state index in [-0.39, 0.29) is 12.5 Å². The highest BCUT2D eigenvalue weighted by Crippen LogP contribution is 2.38. The third-order valence-electron chi connectivity index (χ3n) is 4.60. The number of hydrazine groups is 1. The fourth-order valence-corrected chi connectivity index (χ4v) is 2.38. The van der Waals surface area contributed by atoms with Crippen molar-refractivity contribution in [3.63, 3.8) is 0 Å². The van der Waals surface area contributed by atoms with E-state index < -0.39 is 24.2 Å². The number of carbonyl (C=O) groups excluding carboxylic acids is 2. The van der Waals surface area contributed by atoms with E-state index in [2.05, 4.69) is 15.7 Å². The molecule has 4 N–H and O–H groups in total. The molecule has 1 aromatic heterocycles. The van der Waals surface area contributed by atoms with Crippen molar-refractivity contribution < 1.29 is 18.9 Å². The van der Waals surface area contributed by atoms with Crippen molar-refractivity contribution in [3.8, 4) is 0 Å². The molecule has 0 saturated carbocycles. The Morgan fingerprint density at radius 2 is 1.85 bits per heavy atom. The third kappa shape index (κ3) is 4.49. The Labute approximate surface area is 153 Å². The van der Waals surface area contributed by atoms with Crippen LogP contribution in [0.3, 0.4) is 0 Å². The lowest BCUT2D eigenvalue weighted by atomic mass is 9.77. The van der Waals surface area contributed by atoms with Gasteiger partial charge in [0, 0.05) is 25.9 Å². The van der Waals surface area contributed by atoms with E-state index in [4.69, 9.17) is 15.2 Å². The lowest BCUT2D eigenvalue weighted by molar-refractivity contribution is -0.118. The zero-order valence-corrected chi connectivity index (χ0v) is 15.8. The maximum absolute atomic E-state index is 11.7. The second kappa shape index (κ2) is 7.57. The van der Waals surface area contributed by atoms with Gasteiger partial charge in [0.05, 0.1) is 16.8 Å².